The van der Waals surface area contributed by atoms with Crippen molar-refractivity contribution >= 4 is 56.8 Å². The standard InChI is InChI=1S/C19H17ClN4O5S/c1-9-6-12-15(23-19(20)24-17(12)30-9)21-8-10-2-4-11(5-3-10)16(27)22-13(18(28)29)7-14(25)26/h2-6,13H,7-8H2,1H3,(H,22,27)(H,25,26)(H,28,29)(H,21,23,24). The normalized spacial score (nSPS) is 11.8. The van der Waals surface area contributed by atoms with Crippen molar-refractivity contribution in [1.82, 2.24) is 15.3 Å². The zero-order valence-electron chi connectivity index (χ0n) is 15.7. The third-order valence-electron chi connectivity index (χ3n) is 4.15. The third-order valence-corrected chi connectivity index (χ3v) is 5.26. The molecular formula is C19H17ClN4O5S. The minimum atomic E-state index is -1.50. The average molecular weight is 449 g/mol. The maximum atomic E-state index is 12.2. The number of aryl methyl sites for hydroxylation is 1. The van der Waals surface area contributed by atoms with Crippen LogP contribution >= 0.6 is 22.9 Å². The number of fused-ring (bicyclic) bond motifs is 1. The van der Waals surface area contributed by atoms with Gasteiger partial charge in [0.1, 0.15) is 16.7 Å². The van der Waals surface area contributed by atoms with Gasteiger partial charge in [0.2, 0.25) is 5.28 Å². The van der Waals surface area contributed by atoms with Gasteiger partial charge in [-0.05, 0) is 42.3 Å². The zero-order valence-corrected chi connectivity index (χ0v) is 17.3. The molecule has 4 N–H and O–H groups in total. The summed E-state index contributed by atoms with van der Waals surface area (Å²) in [5, 5.41) is 24.2. The number of rotatable bonds is 8. The summed E-state index contributed by atoms with van der Waals surface area (Å²) in [6.45, 7) is 2.38. The average Bonchev–Trinajstić information content (AvgIpc) is 3.05. The molecule has 30 heavy (non-hydrogen) atoms. The van der Waals surface area contributed by atoms with Gasteiger partial charge in [0.15, 0.2) is 0 Å². The van der Waals surface area contributed by atoms with E-state index in [1.54, 1.807) is 12.1 Å². The van der Waals surface area contributed by atoms with Gasteiger partial charge >= 0.3 is 11.9 Å². The molecule has 1 amide bonds. The molecule has 0 fully saturated rings. The molecule has 1 atom stereocenters. The number of carboxylic acid groups (broad SMARTS) is 2. The van der Waals surface area contributed by atoms with Crippen LogP contribution in [0.1, 0.15) is 27.2 Å². The number of nitrogens with one attached hydrogen (secondary N) is 2. The molecule has 156 valence electrons. The highest BCUT2D eigenvalue weighted by atomic mass is 35.5. The Balaban J connectivity index is 1.67. The first-order chi connectivity index (χ1) is 14.2. The number of carboxylic acids is 2. The minimum Gasteiger partial charge on any atom is -0.481 e. The molecule has 11 heteroatoms. The predicted molar refractivity (Wildman–Crippen MR) is 112 cm³/mol. The Bertz CT molecular complexity index is 1120. The van der Waals surface area contributed by atoms with Gasteiger partial charge in [0.05, 0.1) is 11.8 Å². The molecule has 2 aromatic heterocycles. The third kappa shape index (κ3) is 5.22. The molecule has 0 saturated heterocycles. The molecule has 0 saturated carbocycles. The molecule has 0 aliphatic rings. The van der Waals surface area contributed by atoms with Crippen LogP contribution in [-0.2, 0) is 16.1 Å². The first kappa shape index (κ1) is 21.5. The van der Waals surface area contributed by atoms with Gasteiger partial charge in [0.25, 0.3) is 5.91 Å². The second kappa shape index (κ2) is 9.06. The largest absolute Gasteiger partial charge is 0.481 e. The molecule has 0 bridgehead atoms. The van der Waals surface area contributed by atoms with Crippen molar-refractivity contribution in [1.29, 1.82) is 0 Å². The van der Waals surface area contributed by atoms with E-state index in [2.05, 4.69) is 20.6 Å². The maximum Gasteiger partial charge on any atom is 0.326 e. The van der Waals surface area contributed by atoms with E-state index in [0.29, 0.717) is 12.4 Å². The number of aliphatic carboxylic acids is 2. The lowest BCUT2D eigenvalue weighted by Gasteiger charge is -2.13. The monoisotopic (exact) mass is 448 g/mol. The van der Waals surface area contributed by atoms with Crippen LogP contribution in [0, 0.1) is 6.92 Å². The van der Waals surface area contributed by atoms with Gasteiger partial charge in [0, 0.05) is 17.0 Å². The first-order valence-electron chi connectivity index (χ1n) is 8.75. The predicted octanol–water partition coefficient (Wildman–Crippen LogP) is 2.92. The van der Waals surface area contributed by atoms with E-state index in [1.165, 1.54) is 23.5 Å². The maximum absolute atomic E-state index is 12.2. The number of anilines is 1. The van der Waals surface area contributed by atoms with Gasteiger partial charge in [-0.25, -0.2) is 14.8 Å². The van der Waals surface area contributed by atoms with E-state index in [0.717, 1.165) is 20.7 Å². The van der Waals surface area contributed by atoms with Crippen LogP contribution in [0.5, 0.6) is 0 Å². The van der Waals surface area contributed by atoms with Crippen molar-refractivity contribution in [3.05, 3.63) is 51.6 Å². The Morgan fingerprint density at radius 1 is 1.17 bits per heavy atom. The minimum absolute atomic E-state index is 0.146. The lowest BCUT2D eigenvalue weighted by molar-refractivity contribution is -0.145. The number of aromatic nitrogens is 2. The Kier molecular flexibility index (Phi) is 6.48. The molecular weight excluding hydrogens is 432 g/mol. The number of hydrogen-bond acceptors (Lipinski definition) is 7. The van der Waals surface area contributed by atoms with Gasteiger partial charge in [-0.3, -0.25) is 9.59 Å². The van der Waals surface area contributed by atoms with Crippen LogP contribution in [0.25, 0.3) is 10.2 Å². The van der Waals surface area contributed by atoms with Crippen LogP contribution in [0.2, 0.25) is 5.28 Å². The molecule has 3 aromatic rings. The number of thiophene rings is 1. The van der Waals surface area contributed by atoms with E-state index >= 15 is 0 Å². The van der Waals surface area contributed by atoms with Crippen molar-refractivity contribution in [2.75, 3.05) is 5.32 Å². The van der Waals surface area contributed by atoms with Crippen LogP contribution < -0.4 is 10.6 Å². The number of benzene rings is 1. The van der Waals surface area contributed by atoms with Crippen LogP contribution in [0.15, 0.2) is 30.3 Å². The lowest BCUT2D eigenvalue weighted by atomic mass is 10.1. The number of amides is 1. The molecule has 2 heterocycles. The Hall–Kier alpha value is -3.24. The molecule has 0 aliphatic carbocycles. The SMILES string of the molecule is Cc1cc2c(NCc3ccc(C(=O)NC(CC(=O)O)C(=O)O)cc3)nc(Cl)nc2s1. The number of carbonyl (C=O) groups is 3. The van der Waals surface area contributed by atoms with Gasteiger partial charge in [-0.2, -0.15) is 0 Å². The van der Waals surface area contributed by atoms with E-state index in [4.69, 9.17) is 21.8 Å². The highest BCUT2D eigenvalue weighted by molar-refractivity contribution is 7.18. The van der Waals surface area contributed by atoms with Gasteiger partial charge in [-0.1, -0.05) is 12.1 Å². The summed E-state index contributed by atoms with van der Waals surface area (Å²) >= 11 is 7.51. The fourth-order valence-corrected chi connectivity index (χ4v) is 3.83. The van der Waals surface area contributed by atoms with Crippen LogP contribution in [0.4, 0.5) is 5.82 Å². The van der Waals surface area contributed by atoms with Gasteiger partial charge < -0.3 is 20.8 Å². The quantitative estimate of drug-likeness (QED) is 0.385. The summed E-state index contributed by atoms with van der Waals surface area (Å²) in [7, 11) is 0. The second-order valence-electron chi connectivity index (χ2n) is 6.43. The molecule has 3 rings (SSSR count). The molecule has 0 aliphatic heterocycles. The molecule has 1 aromatic carbocycles. The Morgan fingerprint density at radius 2 is 1.87 bits per heavy atom. The summed E-state index contributed by atoms with van der Waals surface area (Å²) in [6.07, 6.45) is -0.707. The topological polar surface area (TPSA) is 142 Å². The fraction of sp³-hybridized carbons (Fsp3) is 0.211. The molecule has 9 nitrogen and oxygen atoms in total. The van der Waals surface area contributed by atoms with E-state index in [9.17, 15) is 14.4 Å². The number of nitrogens with zero attached hydrogens (tertiary/aromatic N) is 2. The number of carbonyl (C=O) groups excluding carboxylic acids is 1. The number of halogens is 1. The molecule has 0 radical (unpaired) electrons. The second-order valence-corrected chi connectivity index (χ2v) is 8.00. The van der Waals surface area contributed by atoms with Crippen molar-refractivity contribution in [2.24, 2.45) is 0 Å². The van der Waals surface area contributed by atoms with E-state index in [-0.39, 0.29) is 10.8 Å². The van der Waals surface area contributed by atoms with Crippen molar-refractivity contribution in [2.45, 2.75) is 25.9 Å². The number of hydrogen-bond donors (Lipinski definition) is 4. The lowest BCUT2D eigenvalue weighted by Crippen LogP contribution is -2.42. The van der Waals surface area contributed by atoms with E-state index < -0.39 is 30.3 Å². The van der Waals surface area contributed by atoms with Crippen LogP contribution in [0.3, 0.4) is 0 Å². The summed E-state index contributed by atoms with van der Waals surface area (Å²) in [4.78, 5) is 44.3. The Morgan fingerprint density at radius 3 is 2.50 bits per heavy atom. The summed E-state index contributed by atoms with van der Waals surface area (Å²) < 4.78 is 0. The Labute approximate surface area is 179 Å². The van der Waals surface area contributed by atoms with E-state index in [1.807, 2.05) is 13.0 Å². The zero-order chi connectivity index (χ0) is 21.8. The van der Waals surface area contributed by atoms with Crippen molar-refractivity contribution in [3.8, 4) is 0 Å². The van der Waals surface area contributed by atoms with Crippen molar-refractivity contribution < 1.29 is 24.6 Å². The first-order valence-corrected chi connectivity index (χ1v) is 9.94. The highest BCUT2D eigenvalue weighted by Gasteiger charge is 2.23. The summed E-state index contributed by atoms with van der Waals surface area (Å²) in [5.41, 5.74) is 1.07. The highest BCUT2D eigenvalue weighted by Crippen LogP contribution is 2.29. The summed E-state index contributed by atoms with van der Waals surface area (Å²) in [5.74, 6) is -2.79. The fourth-order valence-electron chi connectivity index (χ4n) is 2.73. The molecule has 0 spiro atoms. The van der Waals surface area contributed by atoms with Gasteiger partial charge in [-0.15, -0.1) is 11.3 Å². The molecule has 1 unspecified atom stereocenters. The smallest absolute Gasteiger partial charge is 0.326 e. The summed E-state index contributed by atoms with van der Waals surface area (Å²) in [6, 6.07) is 6.94. The van der Waals surface area contributed by atoms with Crippen LogP contribution in [-0.4, -0.2) is 44.1 Å². The van der Waals surface area contributed by atoms with Crippen molar-refractivity contribution in [3.63, 3.8) is 0 Å².